The summed E-state index contributed by atoms with van der Waals surface area (Å²) in [5, 5.41) is 10.00. The molecule has 32 heavy (non-hydrogen) atoms. The summed E-state index contributed by atoms with van der Waals surface area (Å²) in [6.07, 6.45) is 0. The molecule has 9 nitrogen and oxygen atoms in total. The summed E-state index contributed by atoms with van der Waals surface area (Å²) in [5.41, 5.74) is 2.90. The quantitative estimate of drug-likeness (QED) is 0.504. The third-order valence-electron chi connectivity index (χ3n) is 5.05. The molecular weight excluding hydrogens is 432 g/mol. The molecule has 0 bridgehead atoms. The number of rotatable bonds is 4. The summed E-state index contributed by atoms with van der Waals surface area (Å²) in [4.78, 5) is 17.6. The largest absolute Gasteiger partial charge is 0.454 e. The van der Waals surface area contributed by atoms with Gasteiger partial charge in [-0.25, -0.2) is 4.98 Å². The van der Waals surface area contributed by atoms with Crippen molar-refractivity contribution in [3.63, 3.8) is 0 Å². The first-order chi connectivity index (χ1) is 15.6. The second-order valence-electron chi connectivity index (χ2n) is 7.19. The van der Waals surface area contributed by atoms with E-state index >= 15 is 0 Å². The minimum absolute atomic E-state index is 0.155. The number of amides is 1. The number of thiazole rings is 1. The Balaban J connectivity index is 1.28. The first-order valence-corrected chi connectivity index (χ1v) is 10.7. The molecule has 2 aromatic carbocycles. The molecule has 0 radical (unpaired) electrons. The molecule has 0 spiro atoms. The van der Waals surface area contributed by atoms with Crippen LogP contribution in [0.1, 0.15) is 16.1 Å². The standard InChI is InChI=1S/C22H16N4O5S/c1-12-6-20(24-21(27)14-3-5-17-19(8-14)31-11-29-17)26(25-12)22-23-15(9-32-22)13-2-4-16-18(7-13)30-10-28-16/h2-9H,10-11H2,1H3,(H,24,27). The second kappa shape index (κ2) is 7.27. The molecule has 0 unspecified atom stereocenters. The third kappa shape index (κ3) is 3.21. The van der Waals surface area contributed by atoms with Gasteiger partial charge in [-0.2, -0.15) is 9.78 Å². The van der Waals surface area contributed by atoms with Crippen LogP contribution in [0.25, 0.3) is 16.4 Å². The molecule has 2 aliphatic rings. The van der Waals surface area contributed by atoms with Gasteiger partial charge in [-0.15, -0.1) is 11.3 Å². The Morgan fingerprint density at radius 3 is 2.50 bits per heavy atom. The molecule has 4 heterocycles. The zero-order valence-electron chi connectivity index (χ0n) is 16.8. The van der Waals surface area contributed by atoms with E-state index in [1.165, 1.54) is 11.3 Å². The number of aromatic nitrogens is 3. The normalized spacial score (nSPS) is 13.4. The highest BCUT2D eigenvalue weighted by Crippen LogP contribution is 2.37. The lowest BCUT2D eigenvalue weighted by molar-refractivity contribution is 0.102. The van der Waals surface area contributed by atoms with Crippen LogP contribution in [0.15, 0.2) is 47.8 Å². The van der Waals surface area contributed by atoms with Crippen molar-refractivity contribution in [3.05, 3.63) is 59.1 Å². The number of anilines is 1. The van der Waals surface area contributed by atoms with Gasteiger partial charge in [0.25, 0.3) is 5.91 Å². The molecule has 4 aromatic rings. The number of hydrogen-bond donors (Lipinski definition) is 1. The number of benzene rings is 2. The molecule has 1 amide bonds. The highest BCUT2D eigenvalue weighted by molar-refractivity contribution is 7.12. The van der Waals surface area contributed by atoms with E-state index in [0.717, 1.165) is 22.7 Å². The lowest BCUT2D eigenvalue weighted by Gasteiger charge is -2.07. The number of hydrogen-bond acceptors (Lipinski definition) is 8. The lowest BCUT2D eigenvalue weighted by Crippen LogP contribution is -2.15. The number of carbonyl (C=O) groups is 1. The summed E-state index contributed by atoms with van der Waals surface area (Å²) in [7, 11) is 0. The molecule has 160 valence electrons. The molecule has 0 fully saturated rings. The van der Waals surface area contributed by atoms with Crippen LogP contribution in [0.2, 0.25) is 0 Å². The van der Waals surface area contributed by atoms with Crippen molar-refractivity contribution < 1.29 is 23.7 Å². The molecule has 0 saturated carbocycles. The number of fused-ring (bicyclic) bond motifs is 2. The monoisotopic (exact) mass is 448 g/mol. The van der Waals surface area contributed by atoms with Crippen LogP contribution in [-0.4, -0.2) is 34.3 Å². The number of nitrogens with one attached hydrogen (secondary N) is 1. The third-order valence-corrected chi connectivity index (χ3v) is 5.87. The first kappa shape index (κ1) is 18.7. The van der Waals surface area contributed by atoms with E-state index in [4.69, 9.17) is 23.9 Å². The summed E-state index contributed by atoms with van der Waals surface area (Å²) in [6, 6.07) is 12.6. The lowest BCUT2D eigenvalue weighted by atomic mass is 10.1. The van der Waals surface area contributed by atoms with Crippen molar-refractivity contribution in [1.29, 1.82) is 0 Å². The first-order valence-electron chi connectivity index (χ1n) is 9.78. The summed E-state index contributed by atoms with van der Waals surface area (Å²) < 4.78 is 23.1. The zero-order chi connectivity index (χ0) is 21.7. The fourth-order valence-corrected chi connectivity index (χ4v) is 4.31. The van der Waals surface area contributed by atoms with Crippen molar-refractivity contribution in [2.24, 2.45) is 0 Å². The Morgan fingerprint density at radius 2 is 1.69 bits per heavy atom. The van der Waals surface area contributed by atoms with E-state index in [-0.39, 0.29) is 19.5 Å². The molecule has 2 aromatic heterocycles. The molecule has 0 saturated heterocycles. The van der Waals surface area contributed by atoms with Gasteiger partial charge in [0.2, 0.25) is 18.7 Å². The van der Waals surface area contributed by atoms with E-state index in [1.807, 2.05) is 30.5 Å². The van der Waals surface area contributed by atoms with E-state index < -0.39 is 0 Å². The van der Waals surface area contributed by atoms with Crippen LogP contribution in [-0.2, 0) is 0 Å². The van der Waals surface area contributed by atoms with Crippen LogP contribution in [0.3, 0.4) is 0 Å². The average Bonchev–Trinajstić information content (AvgIpc) is 3.58. The summed E-state index contributed by atoms with van der Waals surface area (Å²) >= 11 is 1.43. The van der Waals surface area contributed by atoms with Crippen molar-refractivity contribution in [3.8, 4) is 39.4 Å². The van der Waals surface area contributed by atoms with E-state index in [2.05, 4.69) is 10.4 Å². The molecule has 2 aliphatic heterocycles. The Labute approximate surface area is 186 Å². The van der Waals surface area contributed by atoms with E-state index in [9.17, 15) is 4.79 Å². The van der Waals surface area contributed by atoms with Gasteiger partial charge < -0.3 is 24.3 Å². The van der Waals surface area contributed by atoms with Crippen molar-refractivity contribution >= 4 is 23.1 Å². The molecule has 10 heteroatoms. The maximum Gasteiger partial charge on any atom is 0.256 e. The van der Waals surface area contributed by atoms with Crippen molar-refractivity contribution in [2.75, 3.05) is 18.9 Å². The molecule has 0 aliphatic carbocycles. The van der Waals surface area contributed by atoms with Crippen molar-refractivity contribution in [2.45, 2.75) is 6.92 Å². The van der Waals surface area contributed by atoms with Crippen LogP contribution >= 0.6 is 11.3 Å². The highest BCUT2D eigenvalue weighted by atomic mass is 32.1. The van der Waals surface area contributed by atoms with E-state index in [0.29, 0.717) is 33.8 Å². The van der Waals surface area contributed by atoms with Crippen LogP contribution in [0.4, 0.5) is 5.82 Å². The van der Waals surface area contributed by atoms with Gasteiger partial charge in [0.1, 0.15) is 5.82 Å². The van der Waals surface area contributed by atoms with Gasteiger partial charge in [-0.05, 0) is 43.3 Å². The number of aryl methyl sites for hydroxylation is 1. The maximum absolute atomic E-state index is 12.9. The molecular formula is C22H16N4O5S. The van der Waals surface area contributed by atoms with Gasteiger partial charge in [0, 0.05) is 22.6 Å². The van der Waals surface area contributed by atoms with Gasteiger partial charge in [-0.3, -0.25) is 4.79 Å². The van der Waals surface area contributed by atoms with Gasteiger partial charge in [0.05, 0.1) is 11.4 Å². The predicted molar refractivity (Wildman–Crippen MR) is 116 cm³/mol. The predicted octanol–water partition coefficient (Wildman–Crippen LogP) is 4.01. The highest BCUT2D eigenvalue weighted by Gasteiger charge is 2.20. The number of ether oxygens (including phenoxy) is 4. The molecule has 6 rings (SSSR count). The van der Waals surface area contributed by atoms with Crippen LogP contribution in [0, 0.1) is 6.92 Å². The van der Waals surface area contributed by atoms with E-state index in [1.54, 1.807) is 28.9 Å². The minimum Gasteiger partial charge on any atom is -0.454 e. The SMILES string of the molecule is Cc1cc(NC(=O)c2ccc3c(c2)OCO3)n(-c2nc(-c3ccc4c(c3)OCO4)cs2)n1. The van der Waals surface area contributed by atoms with Crippen LogP contribution in [0.5, 0.6) is 23.0 Å². The van der Waals surface area contributed by atoms with Gasteiger partial charge >= 0.3 is 0 Å². The number of nitrogens with zero attached hydrogens (tertiary/aromatic N) is 3. The number of carbonyl (C=O) groups excluding carboxylic acids is 1. The molecule has 0 atom stereocenters. The summed E-state index contributed by atoms with van der Waals surface area (Å²) in [6.45, 7) is 2.24. The molecule has 1 N–H and O–H groups in total. The minimum atomic E-state index is -0.281. The Morgan fingerprint density at radius 1 is 0.969 bits per heavy atom. The second-order valence-corrected chi connectivity index (χ2v) is 8.02. The van der Waals surface area contributed by atoms with Gasteiger partial charge in [-0.1, -0.05) is 0 Å². The summed E-state index contributed by atoms with van der Waals surface area (Å²) in [5.74, 6) is 2.84. The van der Waals surface area contributed by atoms with Gasteiger partial charge in [0.15, 0.2) is 23.0 Å². The maximum atomic E-state index is 12.9. The Kier molecular flexibility index (Phi) is 4.25. The fraction of sp³-hybridized carbons (Fsp3) is 0.136. The average molecular weight is 448 g/mol. The zero-order valence-corrected chi connectivity index (χ0v) is 17.6. The van der Waals surface area contributed by atoms with Crippen LogP contribution < -0.4 is 24.3 Å². The van der Waals surface area contributed by atoms with Crippen molar-refractivity contribution in [1.82, 2.24) is 14.8 Å². The fourth-order valence-electron chi connectivity index (χ4n) is 3.51. The smallest absolute Gasteiger partial charge is 0.256 e. The topological polar surface area (TPSA) is 96.7 Å². The Hall–Kier alpha value is -4.05. The Bertz CT molecular complexity index is 1360.